The van der Waals surface area contributed by atoms with Crippen LogP contribution >= 0.6 is 0 Å². The van der Waals surface area contributed by atoms with E-state index in [0.29, 0.717) is 0 Å². The summed E-state index contributed by atoms with van der Waals surface area (Å²) in [6.45, 7) is 16.4. The van der Waals surface area contributed by atoms with E-state index in [0.717, 1.165) is 0 Å². The van der Waals surface area contributed by atoms with Crippen molar-refractivity contribution in [1.82, 2.24) is 0 Å². The van der Waals surface area contributed by atoms with E-state index in [1.54, 1.807) is 6.08 Å². The molecule has 0 heterocycles. The van der Waals surface area contributed by atoms with Crippen LogP contribution in [0.1, 0.15) is 20.8 Å². The van der Waals surface area contributed by atoms with Crippen molar-refractivity contribution in [1.29, 1.82) is 0 Å². The molecule has 0 atom stereocenters. The summed E-state index contributed by atoms with van der Waals surface area (Å²) in [5.74, 6) is 0. The maximum atomic E-state index is 4.25. The van der Waals surface area contributed by atoms with Crippen molar-refractivity contribution >= 4 is 0 Å². The van der Waals surface area contributed by atoms with Crippen molar-refractivity contribution in [2.45, 2.75) is 20.8 Å². The summed E-state index contributed by atoms with van der Waals surface area (Å²) in [6.07, 6.45) is 5.64. The minimum Gasteiger partial charge on any atom is -0.521 e. The first-order valence-corrected chi connectivity index (χ1v) is 2.88. The molecule has 12 heavy (non-hydrogen) atoms. The van der Waals surface area contributed by atoms with Gasteiger partial charge >= 0.3 is 0 Å². The third-order valence-corrected chi connectivity index (χ3v) is 0.236. The van der Waals surface area contributed by atoms with Gasteiger partial charge in [0.25, 0.3) is 0 Å². The van der Waals surface area contributed by atoms with Crippen LogP contribution in [0.5, 0.6) is 0 Å². The second-order valence-electron chi connectivity index (χ2n) is 1.15. The van der Waals surface area contributed by atoms with Gasteiger partial charge in [0.15, 0.2) is 0 Å². The average Bonchev–Trinajstić information content (AvgIpc) is 1.94. The Bertz CT molecular complexity index is 38.8. The van der Waals surface area contributed by atoms with E-state index in [9.17, 15) is 0 Å². The predicted molar refractivity (Wildman–Crippen MR) is 45.7 cm³/mol. The normalized spacial score (nSPS) is 3.58. The molecule has 0 bridgehead atoms. The number of rotatable bonds is 1. The zero-order valence-electron chi connectivity index (χ0n) is 8.46. The molecule has 3 heteroatoms. The molecular formula is C9H17Y3-3. The Kier molecular flexibility index (Phi) is 208. The molecule has 0 spiro atoms. The first-order valence-electron chi connectivity index (χ1n) is 2.88. The van der Waals surface area contributed by atoms with Gasteiger partial charge < -0.3 is 13.0 Å². The third kappa shape index (κ3) is 128. The Labute approximate surface area is 154 Å². The van der Waals surface area contributed by atoms with Gasteiger partial charge in [-0.25, -0.2) is 19.1 Å². The molecule has 0 saturated carbocycles. The molecule has 0 aromatic carbocycles. The molecule has 0 aromatic rings. The van der Waals surface area contributed by atoms with Gasteiger partial charge in [-0.3, -0.25) is 6.58 Å². The minimum absolute atomic E-state index is 0. The fourth-order valence-corrected chi connectivity index (χ4v) is 0. The van der Waals surface area contributed by atoms with Crippen LogP contribution in [0.15, 0.2) is 19.2 Å². The Morgan fingerprint density at radius 3 is 1.08 bits per heavy atom. The third-order valence-electron chi connectivity index (χ3n) is 0.236. The first-order chi connectivity index (χ1) is 4.33. The molecule has 0 nitrogen and oxygen atoms in total. The van der Waals surface area contributed by atoms with Crippen LogP contribution < -0.4 is 0 Å². The van der Waals surface area contributed by atoms with Crippen LogP contribution in [-0.2, 0) is 98.1 Å². The van der Waals surface area contributed by atoms with Crippen LogP contribution in [0.25, 0.3) is 0 Å². The molecule has 0 saturated heterocycles. The molecule has 0 aliphatic carbocycles. The van der Waals surface area contributed by atoms with Gasteiger partial charge in [0.1, 0.15) is 0 Å². The Balaban J connectivity index is -0.0000000105. The SMILES string of the molecule is C=C[CH-]C.C[CH-]C.[CH-]=C.[Y].[Y].[Y]. The Hall–Kier alpha value is 2.66. The number of hydrogen-bond donors (Lipinski definition) is 0. The molecule has 65 valence electrons. The van der Waals surface area contributed by atoms with Gasteiger partial charge in [0, 0.05) is 98.1 Å². The second-order valence-corrected chi connectivity index (χ2v) is 1.15. The summed E-state index contributed by atoms with van der Waals surface area (Å²) in [5.41, 5.74) is 0. The van der Waals surface area contributed by atoms with E-state index in [1.807, 2.05) is 33.6 Å². The molecule has 0 N–H and O–H groups in total. The Morgan fingerprint density at radius 1 is 1.00 bits per heavy atom. The monoisotopic (exact) mass is 392 g/mol. The van der Waals surface area contributed by atoms with Gasteiger partial charge in [-0.05, 0) is 0 Å². The van der Waals surface area contributed by atoms with Gasteiger partial charge in [-0.2, -0.15) is 13.8 Å². The predicted octanol–water partition coefficient (Wildman–Crippen LogP) is 3.22. The molecule has 0 fully saturated rings. The summed E-state index contributed by atoms with van der Waals surface area (Å²) in [5, 5.41) is 0. The Morgan fingerprint density at radius 2 is 1.08 bits per heavy atom. The molecule has 0 rings (SSSR count). The summed E-state index contributed by atoms with van der Waals surface area (Å²) in [4.78, 5) is 0. The van der Waals surface area contributed by atoms with Gasteiger partial charge in [-0.1, -0.05) is 0 Å². The van der Waals surface area contributed by atoms with E-state index in [-0.39, 0.29) is 98.1 Å². The van der Waals surface area contributed by atoms with Crippen molar-refractivity contribution in [3.05, 3.63) is 38.7 Å². The zero-order valence-corrected chi connectivity index (χ0v) is 17.0. The van der Waals surface area contributed by atoms with Crippen molar-refractivity contribution in [2.24, 2.45) is 0 Å². The quantitative estimate of drug-likeness (QED) is 0.602. The van der Waals surface area contributed by atoms with Crippen LogP contribution in [0.2, 0.25) is 0 Å². The maximum absolute atomic E-state index is 4.25. The van der Waals surface area contributed by atoms with Crippen LogP contribution in [0.3, 0.4) is 0 Å². The largest absolute Gasteiger partial charge is 0.521 e. The van der Waals surface area contributed by atoms with Crippen LogP contribution in [0, 0.1) is 19.4 Å². The summed E-state index contributed by atoms with van der Waals surface area (Å²) < 4.78 is 0. The van der Waals surface area contributed by atoms with E-state index >= 15 is 0 Å². The maximum Gasteiger partial charge on any atom is 0 e. The molecular weight excluding hydrogens is 375 g/mol. The van der Waals surface area contributed by atoms with Crippen LogP contribution in [0.4, 0.5) is 0 Å². The average molecular weight is 392 g/mol. The molecule has 0 aromatic heterocycles. The minimum atomic E-state index is 0. The molecule has 0 amide bonds. The van der Waals surface area contributed by atoms with Crippen molar-refractivity contribution in [3.63, 3.8) is 0 Å². The zero-order chi connectivity index (χ0) is 8.12. The summed E-state index contributed by atoms with van der Waals surface area (Å²) in [7, 11) is 0. The standard InChI is InChI=1S/C4H7.C3H7.C2H3.3Y/c1-3-4-2;1-3-2;1-2;;;/h3-4H,1H2,2H3;3H,1-2H3;1H,2H2;;;/q3*-1;;;. The van der Waals surface area contributed by atoms with Gasteiger partial charge in [0.2, 0.25) is 0 Å². The topological polar surface area (TPSA) is 0 Å². The van der Waals surface area contributed by atoms with Gasteiger partial charge in [0.05, 0.1) is 0 Å². The summed E-state index contributed by atoms with van der Waals surface area (Å²) in [6, 6.07) is 0. The van der Waals surface area contributed by atoms with Crippen LogP contribution in [-0.4, -0.2) is 0 Å². The number of hydrogen-bond acceptors (Lipinski definition) is 0. The molecule has 0 aliphatic heterocycles. The second kappa shape index (κ2) is 68.3. The first kappa shape index (κ1) is 36.5. The fourth-order valence-electron chi connectivity index (χ4n) is 0. The van der Waals surface area contributed by atoms with Gasteiger partial charge in [-0.15, -0.1) is 6.92 Å². The molecule has 0 aliphatic rings. The number of allylic oxidation sites excluding steroid dienone is 1. The fraction of sp³-hybridized carbons (Fsp3) is 0.333. The molecule has 0 unspecified atom stereocenters. The smallest absolute Gasteiger partial charge is 0 e. The molecule has 3 radical (unpaired) electrons. The van der Waals surface area contributed by atoms with Crippen molar-refractivity contribution in [3.8, 4) is 0 Å². The van der Waals surface area contributed by atoms with E-state index in [1.165, 1.54) is 0 Å². The van der Waals surface area contributed by atoms with Crippen molar-refractivity contribution in [2.75, 3.05) is 0 Å². The van der Waals surface area contributed by atoms with E-state index in [4.69, 9.17) is 0 Å². The van der Waals surface area contributed by atoms with E-state index in [2.05, 4.69) is 19.7 Å². The van der Waals surface area contributed by atoms with E-state index < -0.39 is 0 Å². The summed E-state index contributed by atoms with van der Waals surface area (Å²) >= 11 is 0. The van der Waals surface area contributed by atoms with Crippen molar-refractivity contribution < 1.29 is 98.1 Å².